The van der Waals surface area contributed by atoms with Crippen molar-refractivity contribution in [3.8, 4) is 11.8 Å². The predicted octanol–water partition coefficient (Wildman–Crippen LogP) is 2.95. The summed E-state index contributed by atoms with van der Waals surface area (Å²) in [6.45, 7) is 0. The molecule has 0 spiro atoms. The van der Waals surface area contributed by atoms with Crippen molar-refractivity contribution in [2.24, 2.45) is 0 Å². The van der Waals surface area contributed by atoms with Crippen molar-refractivity contribution in [2.45, 2.75) is 19.3 Å². The molecule has 0 fully saturated rings. The summed E-state index contributed by atoms with van der Waals surface area (Å²) in [5, 5.41) is 0. The van der Waals surface area contributed by atoms with E-state index in [0.29, 0.717) is 0 Å². The van der Waals surface area contributed by atoms with E-state index in [1.165, 1.54) is 24.0 Å². The zero-order valence-corrected chi connectivity index (χ0v) is 7.59. The Morgan fingerprint density at radius 2 is 1.92 bits per heavy atom. The number of hydrogen-bond donors (Lipinski definition) is 0. The van der Waals surface area contributed by atoms with E-state index in [-0.39, 0.29) is 0 Å². The highest BCUT2D eigenvalue weighted by Crippen LogP contribution is 2.15. The molecule has 0 bridgehead atoms. The van der Waals surface area contributed by atoms with Crippen LogP contribution in [0.3, 0.4) is 0 Å². The summed E-state index contributed by atoms with van der Waals surface area (Å²) in [6, 6.07) is 10.4. The van der Waals surface area contributed by atoms with Crippen LogP contribution >= 0.6 is 0 Å². The lowest BCUT2D eigenvalue weighted by molar-refractivity contribution is 0.916. The summed E-state index contributed by atoms with van der Waals surface area (Å²) < 4.78 is 0. The topological polar surface area (TPSA) is 0 Å². The van der Waals surface area contributed by atoms with Crippen molar-refractivity contribution >= 4 is 0 Å². The summed E-state index contributed by atoms with van der Waals surface area (Å²) in [4.78, 5) is 0. The van der Waals surface area contributed by atoms with Crippen molar-refractivity contribution in [2.75, 3.05) is 0 Å². The maximum absolute atomic E-state index is 3.19. The molecule has 1 aromatic rings. The van der Waals surface area contributed by atoms with Gasteiger partial charge in [0.25, 0.3) is 0 Å². The fourth-order valence-electron chi connectivity index (χ4n) is 1.26. The normalized spacial score (nSPS) is 13.7. The molecule has 0 aromatic heterocycles. The summed E-state index contributed by atoms with van der Waals surface area (Å²) in [5.41, 5.74) is 2.62. The molecule has 1 aliphatic carbocycles. The summed E-state index contributed by atoms with van der Waals surface area (Å²) in [7, 11) is 0. The number of rotatable bonds is 1. The van der Waals surface area contributed by atoms with Crippen molar-refractivity contribution in [3.05, 3.63) is 47.5 Å². The van der Waals surface area contributed by atoms with Crippen LogP contribution < -0.4 is 0 Å². The Morgan fingerprint density at radius 1 is 1.15 bits per heavy atom. The molecule has 0 radical (unpaired) electrons. The Labute approximate surface area is 79.3 Å². The first kappa shape index (κ1) is 8.13. The minimum atomic E-state index is 0.873. The lowest BCUT2D eigenvalue weighted by atomic mass is 9.99. The first-order valence-electron chi connectivity index (χ1n) is 4.67. The van der Waals surface area contributed by atoms with E-state index in [4.69, 9.17) is 0 Å². The number of hydrogen-bond acceptors (Lipinski definition) is 0. The summed E-state index contributed by atoms with van der Waals surface area (Å²) in [5.74, 6) is 6.36. The highest BCUT2D eigenvalue weighted by Gasteiger charge is 1.99. The van der Waals surface area contributed by atoms with Crippen LogP contribution in [0.2, 0.25) is 0 Å². The van der Waals surface area contributed by atoms with E-state index in [1.54, 1.807) is 0 Å². The van der Waals surface area contributed by atoms with Crippen LogP contribution in [0.25, 0.3) is 0 Å². The first-order chi connectivity index (χ1) is 6.45. The molecule has 1 aliphatic rings. The minimum absolute atomic E-state index is 0.873. The molecular weight excluding hydrogens is 156 g/mol. The van der Waals surface area contributed by atoms with Gasteiger partial charge in [0.2, 0.25) is 0 Å². The summed E-state index contributed by atoms with van der Waals surface area (Å²) >= 11 is 0. The molecule has 13 heavy (non-hydrogen) atoms. The predicted molar refractivity (Wildman–Crippen MR) is 55.2 cm³/mol. The second-order valence-electron chi connectivity index (χ2n) is 3.23. The van der Waals surface area contributed by atoms with Gasteiger partial charge in [-0.15, -0.1) is 0 Å². The Morgan fingerprint density at radius 3 is 2.54 bits per heavy atom. The van der Waals surface area contributed by atoms with Crippen molar-refractivity contribution in [1.29, 1.82) is 0 Å². The van der Waals surface area contributed by atoms with E-state index >= 15 is 0 Å². The maximum Gasteiger partial charge on any atom is 0.0343 e. The van der Waals surface area contributed by atoms with Gasteiger partial charge in [0.05, 0.1) is 0 Å². The van der Waals surface area contributed by atoms with Crippen LogP contribution in [0.4, 0.5) is 0 Å². The maximum atomic E-state index is 3.19. The molecule has 0 amide bonds. The smallest absolute Gasteiger partial charge is 0.0343 e. The van der Waals surface area contributed by atoms with Crippen LogP contribution in [0.5, 0.6) is 0 Å². The van der Waals surface area contributed by atoms with Crippen LogP contribution in [0, 0.1) is 11.8 Å². The van der Waals surface area contributed by atoms with Gasteiger partial charge in [0.1, 0.15) is 0 Å². The van der Waals surface area contributed by atoms with Crippen LogP contribution in [0.1, 0.15) is 18.4 Å². The molecule has 64 valence electrons. The molecule has 0 unspecified atom stereocenters. The van der Waals surface area contributed by atoms with E-state index in [2.05, 4.69) is 42.2 Å². The van der Waals surface area contributed by atoms with E-state index < -0.39 is 0 Å². The number of allylic oxidation sites excluding steroid dienone is 2. The molecule has 1 aromatic carbocycles. The quantitative estimate of drug-likeness (QED) is 0.565. The molecule has 0 nitrogen and oxygen atoms in total. The average molecular weight is 168 g/mol. The second-order valence-corrected chi connectivity index (χ2v) is 3.23. The van der Waals surface area contributed by atoms with Crippen molar-refractivity contribution < 1.29 is 0 Å². The van der Waals surface area contributed by atoms with Crippen LogP contribution in [0.15, 0.2) is 42.0 Å². The zero-order chi connectivity index (χ0) is 8.93. The number of benzene rings is 1. The Hall–Kier alpha value is -1.48. The van der Waals surface area contributed by atoms with Gasteiger partial charge in [-0.25, -0.2) is 0 Å². The van der Waals surface area contributed by atoms with E-state index in [0.717, 1.165) is 6.42 Å². The highest BCUT2D eigenvalue weighted by atomic mass is 14.0. The van der Waals surface area contributed by atoms with Gasteiger partial charge in [0, 0.05) is 6.42 Å². The third-order valence-corrected chi connectivity index (χ3v) is 2.19. The first-order valence-corrected chi connectivity index (χ1v) is 4.67. The monoisotopic (exact) mass is 168 g/mol. The average Bonchev–Trinajstić information content (AvgIpc) is 2.11. The third kappa shape index (κ3) is 2.23. The largest absolute Gasteiger partial charge is 0.0935 e. The highest BCUT2D eigenvalue weighted by molar-refractivity contribution is 5.35. The van der Waals surface area contributed by atoms with Crippen LogP contribution in [-0.4, -0.2) is 0 Å². The Kier molecular flexibility index (Phi) is 2.48. The fraction of sp³-hybridized carbons (Fsp3) is 0.231. The fourth-order valence-corrected chi connectivity index (χ4v) is 1.26. The molecule has 0 saturated heterocycles. The zero-order valence-electron chi connectivity index (χ0n) is 7.59. The Balaban J connectivity index is 1.94. The van der Waals surface area contributed by atoms with Crippen molar-refractivity contribution in [1.82, 2.24) is 0 Å². The standard InChI is InChI=1S/C13H12/c1-2-6-12(7-3-1)8-4-9-13-10-5-11-13/h1-3,6-7,10H,5,8,11H2. The molecular formula is C13H12. The third-order valence-electron chi connectivity index (χ3n) is 2.19. The Bertz CT molecular complexity index is 360. The van der Waals surface area contributed by atoms with Gasteiger partial charge < -0.3 is 0 Å². The van der Waals surface area contributed by atoms with Crippen LogP contribution in [-0.2, 0) is 6.42 Å². The second kappa shape index (κ2) is 3.96. The van der Waals surface area contributed by atoms with Crippen molar-refractivity contribution in [3.63, 3.8) is 0 Å². The van der Waals surface area contributed by atoms with E-state index in [1.807, 2.05) is 6.07 Å². The van der Waals surface area contributed by atoms with Gasteiger partial charge in [-0.1, -0.05) is 48.2 Å². The minimum Gasteiger partial charge on any atom is -0.0935 e. The molecule has 0 heteroatoms. The molecule has 0 aliphatic heterocycles. The SMILES string of the molecule is C(#CC1=CCC1)Cc1ccccc1. The van der Waals surface area contributed by atoms with Gasteiger partial charge >= 0.3 is 0 Å². The lowest BCUT2D eigenvalue weighted by Gasteiger charge is -2.05. The van der Waals surface area contributed by atoms with Gasteiger partial charge in [-0.2, -0.15) is 0 Å². The lowest BCUT2D eigenvalue weighted by Crippen LogP contribution is -1.89. The van der Waals surface area contributed by atoms with Gasteiger partial charge in [-0.3, -0.25) is 0 Å². The molecule has 0 atom stereocenters. The molecule has 2 rings (SSSR count). The molecule has 0 saturated carbocycles. The summed E-state index contributed by atoms with van der Waals surface area (Å²) in [6.07, 6.45) is 5.48. The van der Waals surface area contributed by atoms with E-state index in [9.17, 15) is 0 Å². The van der Waals surface area contributed by atoms with Gasteiger partial charge in [-0.05, 0) is 24.0 Å². The van der Waals surface area contributed by atoms with Gasteiger partial charge in [0.15, 0.2) is 0 Å². The molecule has 0 heterocycles. The molecule has 0 N–H and O–H groups in total.